The molecule has 0 unspecified atom stereocenters. The Morgan fingerprint density at radius 3 is 1.75 bits per heavy atom. The van der Waals surface area contributed by atoms with Gasteiger partial charge in [-0.25, -0.2) is 0 Å². The normalized spacial score (nSPS) is 26.5. The van der Waals surface area contributed by atoms with E-state index in [1.807, 2.05) is 0 Å². The molecule has 88 valence electrons. The summed E-state index contributed by atoms with van der Waals surface area (Å²) in [5, 5.41) is 11.8. The van der Waals surface area contributed by atoms with Crippen LogP contribution in [0.5, 0.6) is 0 Å². The molecule has 0 atom stereocenters. The molecule has 1 aliphatic heterocycles. The van der Waals surface area contributed by atoms with Crippen molar-refractivity contribution in [3.05, 3.63) is 0 Å². The zero-order valence-electron chi connectivity index (χ0n) is 8.93. The molecule has 0 amide bonds. The van der Waals surface area contributed by atoms with Crippen LogP contribution >= 0.6 is 0 Å². The SMILES string of the molecule is C1=N\C/N=C/NCNCN/C=N/C/N=C\N/1. The van der Waals surface area contributed by atoms with E-state index in [0.717, 1.165) is 0 Å². The molecule has 1 heterocycles. The first-order valence-corrected chi connectivity index (χ1v) is 4.87. The fourth-order valence-electron chi connectivity index (χ4n) is 0.824. The lowest BCUT2D eigenvalue weighted by molar-refractivity contribution is 0.651. The summed E-state index contributed by atoms with van der Waals surface area (Å²) in [6, 6.07) is 0. The van der Waals surface area contributed by atoms with Crippen LogP contribution < -0.4 is 21.3 Å². The average Bonchev–Trinajstić information content (AvgIpc) is 2.29. The van der Waals surface area contributed by atoms with E-state index in [4.69, 9.17) is 0 Å². The molecule has 0 radical (unpaired) electrons. The smallest absolute Gasteiger partial charge is 0.132 e. The first-order chi connectivity index (χ1) is 8.00. The lowest BCUT2D eigenvalue weighted by Gasteiger charge is -2.03. The third kappa shape index (κ3) is 7.44. The fourth-order valence-corrected chi connectivity index (χ4v) is 0.824. The second-order valence-electron chi connectivity index (χ2n) is 2.71. The molecule has 0 spiro atoms. The van der Waals surface area contributed by atoms with Gasteiger partial charge in [0.1, 0.15) is 13.3 Å². The molecule has 0 aromatic rings. The highest BCUT2D eigenvalue weighted by atomic mass is 15.2. The highest BCUT2D eigenvalue weighted by molar-refractivity contribution is 5.74. The Kier molecular flexibility index (Phi) is 7.26. The molecular weight excluding hydrogens is 208 g/mol. The number of aliphatic imine (C=N–C) groups is 4. The van der Waals surface area contributed by atoms with E-state index in [9.17, 15) is 0 Å². The molecular formula is C8H16N8. The van der Waals surface area contributed by atoms with Crippen LogP contribution in [0.15, 0.2) is 20.0 Å². The molecule has 0 fully saturated rings. The van der Waals surface area contributed by atoms with E-state index in [1.165, 1.54) is 12.7 Å². The number of hydrogen-bond acceptors (Lipinski definition) is 8. The molecule has 0 saturated carbocycles. The van der Waals surface area contributed by atoms with Crippen LogP contribution in [0.4, 0.5) is 0 Å². The monoisotopic (exact) mass is 224 g/mol. The maximum Gasteiger partial charge on any atom is 0.132 e. The molecule has 16 heavy (non-hydrogen) atoms. The van der Waals surface area contributed by atoms with Gasteiger partial charge in [0.15, 0.2) is 0 Å². The fraction of sp³-hybridized carbons (Fsp3) is 0.500. The lowest BCUT2D eigenvalue weighted by Crippen LogP contribution is -2.35. The van der Waals surface area contributed by atoms with Gasteiger partial charge in [-0.2, -0.15) is 0 Å². The van der Waals surface area contributed by atoms with E-state index < -0.39 is 0 Å². The van der Waals surface area contributed by atoms with Crippen molar-refractivity contribution in [3.63, 3.8) is 0 Å². The van der Waals surface area contributed by atoms with E-state index >= 15 is 0 Å². The van der Waals surface area contributed by atoms with Gasteiger partial charge < -0.3 is 16.0 Å². The highest BCUT2D eigenvalue weighted by Crippen LogP contribution is 1.68. The molecule has 0 saturated heterocycles. The van der Waals surface area contributed by atoms with Gasteiger partial charge in [0.25, 0.3) is 0 Å². The van der Waals surface area contributed by atoms with Crippen molar-refractivity contribution in [2.45, 2.75) is 0 Å². The van der Waals surface area contributed by atoms with Crippen LogP contribution in [0.3, 0.4) is 0 Å². The van der Waals surface area contributed by atoms with Crippen LogP contribution in [-0.4, -0.2) is 52.0 Å². The van der Waals surface area contributed by atoms with Gasteiger partial charge in [-0.15, -0.1) is 0 Å². The molecule has 8 heteroatoms. The summed E-state index contributed by atoms with van der Waals surface area (Å²) < 4.78 is 0. The van der Waals surface area contributed by atoms with Crippen LogP contribution in [0.2, 0.25) is 0 Å². The average molecular weight is 224 g/mol. The Bertz CT molecular complexity index is 243. The lowest BCUT2D eigenvalue weighted by atomic mass is 10.9. The maximum atomic E-state index is 4.00. The summed E-state index contributed by atoms with van der Waals surface area (Å²) in [5.41, 5.74) is 0. The zero-order valence-corrected chi connectivity index (χ0v) is 8.93. The number of rotatable bonds is 0. The standard InChI is InChI=1S/C8H16N8/c1-9-2-11-4-13-6-15-8-16-7-14-5-12-3-10-1/h1-2,5-6,16H,3-4,7-8H2,(H,12,14)(H,13,15)(H,9,10,11). The molecule has 4 N–H and O–H groups in total. The highest BCUT2D eigenvalue weighted by Gasteiger charge is 1.80. The Hall–Kier alpha value is -1.96. The Labute approximate surface area is 94.1 Å². The number of nitrogens with one attached hydrogen (secondary N) is 4. The van der Waals surface area contributed by atoms with Crippen LogP contribution in [0, 0.1) is 0 Å². The van der Waals surface area contributed by atoms with Crippen molar-refractivity contribution in [1.82, 2.24) is 21.3 Å². The molecule has 8 nitrogen and oxygen atoms in total. The van der Waals surface area contributed by atoms with Crippen molar-refractivity contribution >= 4 is 25.4 Å². The van der Waals surface area contributed by atoms with E-state index in [1.54, 1.807) is 12.7 Å². The molecule has 1 aliphatic rings. The first-order valence-electron chi connectivity index (χ1n) is 4.87. The van der Waals surface area contributed by atoms with Crippen LogP contribution in [-0.2, 0) is 0 Å². The Morgan fingerprint density at radius 1 is 0.688 bits per heavy atom. The number of hydrogen-bond donors (Lipinski definition) is 4. The van der Waals surface area contributed by atoms with Crippen molar-refractivity contribution in [2.24, 2.45) is 20.0 Å². The van der Waals surface area contributed by atoms with Crippen molar-refractivity contribution in [3.8, 4) is 0 Å². The van der Waals surface area contributed by atoms with E-state index in [2.05, 4.69) is 41.2 Å². The quantitative estimate of drug-likeness (QED) is 0.394. The van der Waals surface area contributed by atoms with Gasteiger partial charge in [0, 0.05) is 0 Å². The molecule has 0 aliphatic carbocycles. The topological polar surface area (TPSA) is 97.6 Å². The predicted molar refractivity (Wildman–Crippen MR) is 66.0 cm³/mol. The third-order valence-corrected chi connectivity index (χ3v) is 1.48. The van der Waals surface area contributed by atoms with E-state index in [0.29, 0.717) is 26.7 Å². The van der Waals surface area contributed by atoms with E-state index in [-0.39, 0.29) is 0 Å². The Morgan fingerprint density at radius 2 is 1.19 bits per heavy atom. The summed E-state index contributed by atoms with van der Waals surface area (Å²) in [7, 11) is 0. The van der Waals surface area contributed by atoms with Crippen molar-refractivity contribution in [2.75, 3.05) is 26.7 Å². The van der Waals surface area contributed by atoms with Crippen molar-refractivity contribution < 1.29 is 0 Å². The minimum atomic E-state index is 0.379. The van der Waals surface area contributed by atoms with Gasteiger partial charge in [-0.3, -0.25) is 25.3 Å². The maximum absolute atomic E-state index is 4.00. The molecule has 0 aromatic carbocycles. The second kappa shape index (κ2) is 9.59. The third-order valence-electron chi connectivity index (χ3n) is 1.48. The minimum absolute atomic E-state index is 0.379. The minimum Gasteiger partial charge on any atom is -0.364 e. The Balaban J connectivity index is 2.30. The van der Waals surface area contributed by atoms with Gasteiger partial charge in [-0.1, -0.05) is 0 Å². The van der Waals surface area contributed by atoms with Gasteiger partial charge >= 0.3 is 0 Å². The molecule has 0 aromatic heterocycles. The molecule has 0 bridgehead atoms. The summed E-state index contributed by atoms with van der Waals surface area (Å²) in [6.07, 6.45) is 6.29. The van der Waals surface area contributed by atoms with Gasteiger partial charge in [0.05, 0.1) is 38.7 Å². The zero-order chi connectivity index (χ0) is 11.3. The van der Waals surface area contributed by atoms with Gasteiger partial charge in [-0.05, 0) is 0 Å². The molecule has 1 rings (SSSR count). The van der Waals surface area contributed by atoms with Gasteiger partial charge in [0.2, 0.25) is 0 Å². The second-order valence-corrected chi connectivity index (χ2v) is 2.71. The summed E-state index contributed by atoms with van der Waals surface area (Å²) in [5.74, 6) is 0. The summed E-state index contributed by atoms with van der Waals surface area (Å²) in [6.45, 7) is 2.02. The van der Waals surface area contributed by atoms with Crippen molar-refractivity contribution in [1.29, 1.82) is 0 Å². The number of nitrogens with zero attached hydrogens (tertiary/aromatic N) is 4. The summed E-state index contributed by atoms with van der Waals surface area (Å²) in [4.78, 5) is 15.9. The van der Waals surface area contributed by atoms with Crippen LogP contribution in [0.1, 0.15) is 0 Å². The first kappa shape index (κ1) is 12.1. The largest absolute Gasteiger partial charge is 0.364 e. The summed E-state index contributed by atoms with van der Waals surface area (Å²) >= 11 is 0. The predicted octanol–water partition coefficient (Wildman–Crippen LogP) is -1.70. The van der Waals surface area contributed by atoms with Crippen LogP contribution in [0.25, 0.3) is 0 Å².